The number of hydrogen-bond donors (Lipinski definition) is 1. The maximum Gasteiger partial charge on any atom is 0.266 e. The summed E-state index contributed by atoms with van der Waals surface area (Å²) in [6, 6.07) is 4.88. The molecule has 1 unspecified atom stereocenters. The van der Waals surface area contributed by atoms with Crippen molar-refractivity contribution in [2.75, 3.05) is 16.8 Å². The number of nitrogens with zero attached hydrogens (tertiary/aromatic N) is 3. The number of fused-ring (bicyclic) bond motifs is 1. The van der Waals surface area contributed by atoms with E-state index in [9.17, 15) is 22.2 Å². The standard InChI is InChI=1S/C24H25F3N4O2S/c1-13(16-6-5-7-17(20(16)25)21(26)27)28-22-19-12-18(15-8-10-34(4,33)11-9-15)24(32)31(3)23(19)30-14(2)29-22/h5-8,12-13,21H,4,9-11H2,1-3H3,(H,28,29,30)/t13-,34?/m1/s1. The summed E-state index contributed by atoms with van der Waals surface area (Å²) in [6.07, 6.45) is -0.680. The van der Waals surface area contributed by atoms with Crippen molar-refractivity contribution in [1.29, 1.82) is 0 Å². The quantitative estimate of drug-likeness (QED) is 0.537. The van der Waals surface area contributed by atoms with Gasteiger partial charge in [0.15, 0.2) is 0 Å². The molecule has 4 rings (SSSR count). The Bertz CT molecular complexity index is 1480. The Morgan fingerprint density at radius 2 is 1.94 bits per heavy atom. The minimum Gasteiger partial charge on any atom is -0.363 e. The summed E-state index contributed by atoms with van der Waals surface area (Å²) in [5, 5.41) is 3.64. The molecule has 6 nitrogen and oxygen atoms in total. The van der Waals surface area contributed by atoms with Gasteiger partial charge >= 0.3 is 0 Å². The van der Waals surface area contributed by atoms with Gasteiger partial charge in [-0.3, -0.25) is 13.6 Å². The first-order valence-corrected chi connectivity index (χ1v) is 12.8. The molecule has 1 N–H and O–H groups in total. The molecule has 3 heterocycles. The van der Waals surface area contributed by atoms with Gasteiger partial charge < -0.3 is 5.32 Å². The number of aromatic nitrogens is 3. The van der Waals surface area contributed by atoms with Gasteiger partial charge in [-0.1, -0.05) is 24.3 Å². The Hall–Kier alpha value is -3.14. The van der Waals surface area contributed by atoms with Gasteiger partial charge in [-0.05, 0) is 47.3 Å². The minimum absolute atomic E-state index is 0.0763. The van der Waals surface area contributed by atoms with Gasteiger partial charge in [0.25, 0.3) is 12.0 Å². The topological polar surface area (TPSA) is 76.9 Å². The van der Waals surface area contributed by atoms with Crippen molar-refractivity contribution in [3.05, 3.63) is 69.0 Å². The predicted molar refractivity (Wildman–Crippen MR) is 131 cm³/mol. The van der Waals surface area contributed by atoms with E-state index < -0.39 is 33.4 Å². The van der Waals surface area contributed by atoms with Crippen LogP contribution < -0.4 is 10.9 Å². The van der Waals surface area contributed by atoms with E-state index in [-0.39, 0.29) is 11.1 Å². The van der Waals surface area contributed by atoms with Gasteiger partial charge in [0.2, 0.25) is 0 Å². The molecule has 10 heteroatoms. The van der Waals surface area contributed by atoms with Crippen LogP contribution in [0.15, 0.2) is 35.1 Å². The van der Waals surface area contributed by atoms with Crippen molar-refractivity contribution in [3.63, 3.8) is 0 Å². The number of pyridine rings is 1. The Morgan fingerprint density at radius 1 is 1.24 bits per heavy atom. The summed E-state index contributed by atoms with van der Waals surface area (Å²) < 4.78 is 54.7. The summed E-state index contributed by atoms with van der Waals surface area (Å²) in [4.78, 5) is 21.9. The van der Waals surface area contributed by atoms with Crippen LogP contribution in [-0.2, 0) is 16.6 Å². The fraction of sp³-hybridized carbons (Fsp3) is 0.333. The summed E-state index contributed by atoms with van der Waals surface area (Å²) in [5.41, 5.74) is 0.775. The number of aryl methyl sites for hydroxylation is 2. The van der Waals surface area contributed by atoms with Crippen LogP contribution in [0.3, 0.4) is 0 Å². The molecular formula is C24H25F3N4O2S. The Labute approximate surface area is 195 Å². The van der Waals surface area contributed by atoms with Crippen molar-refractivity contribution < 1.29 is 17.4 Å². The Morgan fingerprint density at radius 3 is 2.59 bits per heavy atom. The lowest BCUT2D eigenvalue weighted by molar-refractivity contribution is 0.146. The van der Waals surface area contributed by atoms with Crippen molar-refractivity contribution in [2.24, 2.45) is 7.05 Å². The highest BCUT2D eigenvalue weighted by atomic mass is 32.2. The number of alkyl halides is 2. The molecular weight excluding hydrogens is 465 g/mol. The van der Waals surface area contributed by atoms with E-state index in [2.05, 4.69) is 21.2 Å². The highest BCUT2D eigenvalue weighted by Crippen LogP contribution is 2.31. The summed E-state index contributed by atoms with van der Waals surface area (Å²) in [6.45, 7) is 3.31. The van der Waals surface area contributed by atoms with E-state index in [1.165, 1.54) is 16.7 Å². The predicted octanol–water partition coefficient (Wildman–Crippen LogP) is 4.39. The van der Waals surface area contributed by atoms with Gasteiger partial charge in [0, 0.05) is 29.7 Å². The van der Waals surface area contributed by atoms with Crippen LogP contribution in [0.1, 0.15) is 48.3 Å². The third-order valence-electron chi connectivity index (χ3n) is 6.01. The van der Waals surface area contributed by atoms with Crippen LogP contribution in [0.2, 0.25) is 0 Å². The molecule has 1 aliphatic rings. The number of hydrogen-bond acceptors (Lipinski definition) is 5. The van der Waals surface area contributed by atoms with Gasteiger partial charge in [0.1, 0.15) is 23.1 Å². The molecule has 0 radical (unpaired) electrons. The largest absolute Gasteiger partial charge is 0.363 e. The Kier molecular flexibility index (Phi) is 6.28. The second-order valence-electron chi connectivity index (χ2n) is 8.51. The van der Waals surface area contributed by atoms with Crippen LogP contribution in [-0.4, -0.2) is 36.1 Å². The molecule has 0 amide bonds. The highest BCUT2D eigenvalue weighted by Gasteiger charge is 2.22. The summed E-state index contributed by atoms with van der Waals surface area (Å²) in [7, 11) is -0.570. The fourth-order valence-electron chi connectivity index (χ4n) is 4.11. The van der Waals surface area contributed by atoms with Crippen LogP contribution in [0.4, 0.5) is 19.0 Å². The Balaban J connectivity index is 1.82. The smallest absolute Gasteiger partial charge is 0.266 e. The second kappa shape index (κ2) is 8.90. The first-order chi connectivity index (χ1) is 16.0. The van der Waals surface area contributed by atoms with E-state index in [1.54, 1.807) is 33.0 Å². The zero-order valence-corrected chi connectivity index (χ0v) is 19.9. The number of benzene rings is 1. The normalized spacial score (nSPS) is 19.3. The van der Waals surface area contributed by atoms with Crippen molar-refractivity contribution in [3.8, 4) is 0 Å². The average Bonchev–Trinajstić information content (AvgIpc) is 2.76. The molecule has 2 atom stereocenters. The van der Waals surface area contributed by atoms with E-state index in [0.717, 1.165) is 11.6 Å². The maximum atomic E-state index is 14.7. The van der Waals surface area contributed by atoms with E-state index >= 15 is 0 Å². The molecule has 0 spiro atoms. The minimum atomic E-state index is -2.93. The van der Waals surface area contributed by atoms with Crippen LogP contribution in [0.5, 0.6) is 0 Å². The van der Waals surface area contributed by atoms with Gasteiger partial charge in [-0.2, -0.15) is 0 Å². The van der Waals surface area contributed by atoms with E-state index in [4.69, 9.17) is 0 Å². The number of halogens is 3. The molecule has 0 fully saturated rings. The van der Waals surface area contributed by atoms with E-state index in [0.29, 0.717) is 46.2 Å². The molecule has 180 valence electrons. The average molecular weight is 491 g/mol. The number of allylic oxidation sites excluding steroid dienone is 1. The number of nitrogens with one attached hydrogen (secondary N) is 1. The molecule has 0 bridgehead atoms. The summed E-state index contributed by atoms with van der Waals surface area (Å²) in [5.74, 6) is 4.22. The van der Waals surface area contributed by atoms with Crippen molar-refractivity contribution in [2.45, 2.75) is 32.7 Å². The second-order valence-corrected chi connectivity index (χ2v) is 11.2. The zero-order valence-electron chi connectivity index (χ0n) is 19.1. The van der Waals surface area contributed by atoms with Crippen LogP contribution in [0.25, 0.3) is 16.6 Å². The SMILES string of the molecule is C=S1(=O)CC=C(c2cc3c(N[C@H](C)c4cccc(C(F)F)c4F)nc(C)nc3n(C)c2=O)CC1. The van der Waals surface area contributed by atoms with Crippen molar-refractivity contribution >= 4 is 37.8 Å². The zero-order chi connectivity index (χ0) is 24.8. The van der Waals surface area contributed by atoms with Crippen LogP contribution >= 0.6 is 0 Å². The molecule has 0 aliphatic carbocycles. The third kappa shape index (κ3) is 4.46. The highest BCUT2D eigenvalue weighted by molar-refractivity contribution is 8.00. The molecule has 0 saturated carbocycles. The lowest BCUT2D eigenvalue weighted by Gasteiger charge is -2.20. The first-order valence-electron chi connectivity index (χ1n) is 10.7. The van der Waals surface area contributed by atoms with Gasteiger partial charge in [0.05, 0.1) is 17.0 Å². The molecule has 3 aromatic rings. The lowest BCUT2D eigenvalue weighted by atomic mass is 10.0. The summed E-state index contributed by atoms with van der Waals surface area (Å²) >= 11 is 0. The fourth-order valence-corrected chi connectivity index (χ4v) is 5.37. The third-order valence-corrected chi connectivity index (χ3v) is 7.74. The molecule has 1 aromatic carbocycles. The number of anilines is 1. The molecule has 0 saturated heterocycles. The number of rotatable bonds is 5. The molecule has 1 aliphatic heterocycles. The first kappa shape index (κ1) is 24.0. The lowest BCUT2D eigenvalue weighted by Crippen LogP contribution is -2.25. The molecule has 2 aromatic heterocycles. The maximum absolute atomic E-state index is 14.7. The van der Waals surface area contributed by atoms with E-state index in [1.807, 2.05) is 0 Å². The van der Waals surface area contributed by atoms with Gasteiger partial charge in [-0.25, -0.2) is 23.1 Å². The van der Waals surface area contributed by atoms with Crippen molar-refractivity contribution in [1.82, 2.24) is 14.5 Å². The van der Waals surface area contributed by atoms with Gasteiger partial charge in [-0.15, -0.1) is 0 Å². The van der Waals surface area contributed by atoms with Crippen LogP contribution in [0, 0.1) is 12.7 Å². The molecule has 34 heavy (non-hydrogen) atoms. The monoisotopic (exact) mass is 490 g/mol.